The van der Waals surface area contributed by atoms with Gasteiger partial charge in [0.2, 0.25) is 5.91 Å². The first-order valence-electron chi connectivity index (χ1n) is 12.6. The summed E-state index contributed by atoms with van der Waals surface area (Å²) in [4.78, 5) is 41.6. The molecule has 0 bridgehead atoms. The predicted octanol–water partition coefficient (Wildman–Crippen LogP) is 3.96. The van der Waals surface area contributed by atoms with Gasteiger partial charge in [0.05, 0.1) is 12.3 Å². The minimum atomic E-state index is -1.16. The number of aromatic carboxylic acids is 1. The van der Waals surface area contributed by atoms with Crippen molar-refractivity contribution >= 4 is 29.2 Å². The van der Waals surface area contributed by atoms with Gasteiger partial charge in [-0.1, -0.05) is 13.8 Å². The number of rotatable bonds is 4. The molecule has 1 N–H and O–H groups in total. The maximum Gasteiger partial charge on any atom is 0.356 e. The van der Waals surface area contributed by atoms with E-state index in [9.17, 15) is 19.5 Å². The first-order chi connectivity index (χ1) is 17.7. The molecule has 1 saturated heterocycles. The molecule has 3 aliphatic heterocycles. The molecule has 3 aliphatic rings. The van der Waals surface area contributed by atoms with Crippen LogP contribution in [0.2, 0.25) is 0 Å². The topological polar surface area (TPSA) is 105 Å². The highest BCUT2D eigenvalue weighted by atomic mass is 16.5. The van der Waals surface area contributed by atoms with Crippen molar-refractivity contribution in [3.8, 4) is 11.4 Å². The summed E-state index contributed by atoms with van der Waals surface area (Å²) >= 11 is 0. The molecule has 9 nitrogen and oxygen atoms in total. The molecular weight excluding hydrogens is 472 g/mol. The second kappa shape index (κ2) is 8.47. The van der Waals surface area contributed by atoms with Crippen LogP contribution in [0, 0.1) is 0 Å². The molecule has 1 fully saturated rings. The molecule has 37 heavy (non-hydrogen) atoms. The second-order valence-electron chi connectivity index (χ2n) is 10.5. The highest BCUT2D eigenvalue weighted by molar-refractivity contribution is 6.09. The maximum absolute atomic E-state index is 13.8. The normalized spacial score (nSPS) is 18.4. The Balaban J connectivity index is 1.37. The van der Waals surface area contributed by atoms with Crippen LogP contribution in [0.1, 0.15) is 65.2 Å². The number of amides is 2. The van der Waals surface area contributed by atoms with Gasteiger partial charge in [0.25, 0.3) is 5.91 Å². The molecule has 2 amide bonds. The molecule has 0 atom stereocenters. The van der Waals surface area contributed by atoms with Crippen LogP contribution in [0.5, 0.6) is 5.75 Å². The van der Waals surface area contributed by atoms with Gasteiger partial charge in [-0.05, 0) is 61.7 Å². The van der Waals surface area contributed by atoms with Gasteiger partial charge in [-0.2, -0.15) is 5.10 Å². The van der Waals surface area contributed by atoms with Gasteiger partial charge >= 0.3 is 5.97 Å². The van der Waals surface area contributed by atoms with Gasteiger partial charge in [-0.15, -0.1) is 0 Å². The van der Waals surface area contributed by atoms with Crippen molar-refractivity contribution < 1.29 is 24.2 Å². The van der Waals surface area contributed by atoms with E-state index in [-0.39, 0.29) is 28.6 Å². The lowest BCUT2D eigenvalue weighted by Crippen LogP contribution is -2.39. The van der Waals surface area contributed by atoms with Gasteiger partial charge in [0.15, 0.2) is 5.69 Å². The lowest BCUT2D eigenvalue weighted by atomic mass is 9.87. The molecular formula is C28H28N4O5. The number of benzene rings is 2. The Bertz CT molecular complexity index is 1440. The van der Waals surface area contributed by atoms with Crippen molar-refractivity contribution in [2.75, 3.05) is 29.5 Å². The Hall–Kier alpha value is -4.14. The Morgan fingerprint density at radius 3 is 2.35 bits per heavy atom. The molecule has 3 aromatic rings. The van der Waals surface area contributed by atoms with E-state index in [1.54, 1.807) is 15.9 Å². The molecule has 2 aromatic carbocycles. The van der Waals surface area contributed by atoms with Crippen LogP contribution in [-0.2, 0) is 16.6 Å². The molecule has 0 radical (unpaired) electrons. The summed E-state index contributed by atoms with van der Waals surface area (Å²) in [6, 6.07) is 13.0. The minimum absolute atomic E-state index is 0.0991. The fraction of sp³-hybridized carbons (Fsp3) is 0.357. The first kappa shape index (κ1) is 23.3. The number of anilines is 2. The number of carboxylic acids is 1. The van der Waals surface area contributed by atoms with E-state index in [0.29, 0.717) is 49.5 Å². The summed E-state index contributed by atoms with van der Waals surface area (Å²) in [5, 5.41) is 14.2. The van der Waals surface area contributed by atoms with Gasteiger partial charge < -0.3 is 19.6 Å². The zero-order valence-electron chi connectivity index (χ0n) is 20.9. The maximum atomic E-state index is 13.8. The summed E-state index contributed by atoms with van der Waals surface area (Å²) in [7, 11) is 0. The van der Waals surface area contributed by atoms with E-state index in [4.69, 9.17) is 4.74 Å². The van der Waals surface area contributed by atoms with Crippen LogP contribution in [0.15, 0.2) is 42.5 Å². The van der Waals surface area contributed by atoms with Crippen LogP contribution >= 0.6 is 0 Å². The molecule has 1 aromatic heterocycles. The zero-order valence-corrected chi connectivity index (χ0v) is 20.9. The van der Waals surface area contributed by atoms with Crippen molar-refractivity contribution in [3.05, 3.63) is 65.0 Å². The smallest absolute Gasteiger partial charge is 0.356 e. The molecule has 0 aliphatic carbocycles. The number of carbonyl (C=O) groups is 3. The van der Waals surface area contributed by atoms with Crippen molar-refractivity contribution in [1.29, 1.82) is 0 Å². The van der Waals surface area contributed by atoms with E-state index in [1.165, 1.54) is 4.68 Å². The minimum Gasteiger partial charge on any atom is -0.492 e. The molecule has 9 heteroatoms. The highest BCUT2D eigenvalue weighted by Gasteiger charge is 2.37. The number of carbonyl (C=O) groups excluding carboxylic acids is 2. The Morgan fingerprint density at radius 1 is 0.946 bits per heavy atom. The third kappa shape index (κ3) is 3.77. The first-order valence-corrected chi connectivity index (χ1v) is 12.6. The largest absolute Gasteiger partial charge is 0.492 e. The van der Waals surface area contributed by atoms with E-state index in [0.717, 1.165) is 29.8 Å². The Labute approximate surface area is 214 Å². The number of fused-ring (bicyclic) bond motifs is 2. The van der Waals surface area contributed by atoms with E-state index in [1.807, 2.05) is 36.4 Å². The fourth-order valence-corrected chi connectivity index (χ4v) is 5.50. The van der Waals surface area contributed by atoms with Crippen LogP contribution in [0.25, 0.3) is 5.69 Å². The van der Waals surface area contributed by atoms with Crippen LogP contribution < -0.4 is 14.5 Å². The van der Waals surface area contributed by atoms with Gasteiger partial charge in [-0.3, -0.25) is 9.59 Å². The summed E-state index contributed by atoms with van der Waals surface area (Å²) in [5.74, 6) is -0.560. The molecule has 0 unspecified atom stereocenters. The van der Waals surface area contributed by atoms with Crippen LogP contribution in [-0.4, -0.2) is 52.4 Å². The second-order valence-corrected chi connectivity index (χ2v) is 10.5. The molecule has 0 spiro atoms. The zero-order chi connectivity index (χ0) is 25.9. The highest BCUT2D eigenvalue weighted by Crippen LogP contribution is 2.40. The lowest BCUT2D eigenvalue weighted by Gasteiger charge is -2.29. The van der Waals surface area contributed by atoms with Gasteiger partial charge in [-0.25, -0.2) is 9.48 Å². The predicted molar refractivity (Wildman–Crippen MR) is 137 cm³/mol. The number of nitrogens with zero attached hydrogens (tertiary/aromatic N) is 4. The molecule has 190 valence electrons. The molecule has 0 saturated carbocycles. The van der Waals surface area contributed by atoms with Crippen molar-refractivity contribution in [3.63, 3.8) is 0 Å². The standard InChI is InChI=1S/C28H28N4O5/c1-28(2)16-37-22-11-10-19(15-21(22)28)32-25-20(24(29-32)27(35)36)12-14-31(26(25)34)18-8-6-17(7-9-18)30-13-4-3-5-23(30)33/h6-11,15H,3-5,12-14,16H2,1-2H3,(H,35,36). The van der Waals surface area contributed by atoms with Crippen molar-refractivity contribution in [2.45, 2.75) is 44.9 Å². The van der Waals surface area contributed by atoms with Crippen LogP contribution in [0.4, 0.5) is 11.4 Å². The third-order valence-corrected chi connectivity index (χ3v) is 7.54. The van der Waals surface area contributed by atoms with Crippen LogP contribution in [0.3, 0.4) is 0 Å². The van der Waals surface area contributed by atoms with E-state index < -0.39 is 5.97 Å². The quantitative estimate of drug-likeness (QED) is 0.582. The monoisotopic (exact) mass is 500 g/mol. The number of hydrogen-bond acceptors (Lipinski definition) is 5. The van der Waals surface area contributed by atoms with Crippen molar-refractivity contribution in [2.24, 2.45) is 0 Å². The fourth-order valence-electron chi connectivity index (χ4n) is 5.50. The summed E-state index contributed by atoms with van der Waals surface area (Å²) < 4.78 is 7.25. The number of hydrogen-bond donors (Lipinski definition) is 1. The number of carboxylic acid groups (broad SMARTS) is 1. The Kier molecular flexibility index (Phi) is 5.33. The van der Waals surface area contributed by atoms with Gasteiger partial charge in [0, 0.05) is 47.4 Å². The summed E-state index contributed by atoms with van der Waals surface area (Å²) in [6.07, 6.45) is 2.81. The lowest BCUT2D eigenvalue weighted by molar-refractivity contribution is -0.119. The van der Waals surface area contributed by atoms with E-state index in [2.05, 4.69) is 18.9 Å². The van der Waals surface area contributed by atoms with E-state index >= 15 is 0 Å². The average molecular weight is 501 g/mol. The molecule has 6 rings (SSSR count). The third-order valence-electron chi connectivity index (χ3n) is 7.54. The summed E-state index contributed by atoms with van der Waals surface area (Å²) in [6.45, 7) is 5.75. The molecule has 4 heterocycles. The Morgan fingerprint density at radius 2 is 1.65 bits per heavy atom. The van der Waals surface area contributed by atoms with Gasteiger partial charge in [0.1, 0.15) is 11.4 Å². The number of piperidine rings is 1. The number of ether oxygens (including phenoxy) is 1. The van der Waals surface area contributed by atoms with Crippen molar-refractivity contribution in [1.82, 2.24) is 9.78 Å². The average Bonchev–Trinajstić information content (AvgIpc) is 3.43. The summed E-state index contributed by atoms with van der Waals surface area (Å²) in [5.41, 5.74) is 3.52. The SMILES string of the molecule is CC1(C)COc2ccc(-n3nc(C(=O)O)c4c3C(=O)N(c3ccc(N5CCCCC5=O)cc3)CC4)cc21. The number of aromatic nitrogens is 2.